The lowest BCUT2D eigenvalue weighted by atomic mass is 9.54. The van der Waals surface area contributed by atoms with Crippen LogP contribution in [0.25, 0.3) is 0 Å². The first-order valence-electron chi connectivity index (χ1n) is 8.49. The summed E-state index contributed by atoms with van der Waals surface area (Å²) in [6, 6.07) is 1.07. The molecular weight excluding hydrogens is 248 g/mol. The number of carbonyl (C=O) groups is 1. The highest BCUT2D eigenvalue weighted by Gasteiger charge is 2.53. The van der Waals surface area contributed by atoms with E-state index in [1.165, 1.54) is 32.1 Å². The highest BCUT2D eigenvalue weighted by atomic mass is 16.2. The predicted octanol–water partition coefficient (Wildman–Crippen LogP) is 3.25. The first-order chi connectivity index (χ1) is 9.41. The summed E-state index contributed by atoms with van der Waals surface area (Å²) in [5.41, 5.74) is 0.163. The molecule has 5 rings (SSSR count). The molecule has 1 heterocycles. The molecule has 1 aliphatic heterocycles. The molecule has 1 atom stereocenters. The Hall–Kier alpha value is -0.730. The second-order valence-electron chi connectivity index (χ2n) is 8.94. The second kappa shape index (κ2) is 4.14. The number of amides is 2. The van der Waals surface area contributed by atoms with E-state index in [2.05, 4.69) is 31.0 Å². The van der Waals surface area contributed by atoms with Crippen LogP contribution >= 0.6 is 0 Å². The van der Waals surface area contributed by atoms with Crippen LogP contribution in [0.2, 0.25) is 0 Å². The summed E-state index contributed by atoms with van der Waals surface area (Å²) in [5, 5.41) is 3.24. The Balaban J connectivity index is 1.55. The van der Waals surface area contributed by atoms with E-state index in [-0.39, 0.29) is 11.4 Å². The zero-order valence-electron chi connectivity index (χ0n) is 13.1. The third-order valence-electron chi connectivity index (χ3n) is 6.52. The van der Waals surface area contributed by atoms with Crippen LogP contribution in [0.1, 0.15) is 52.9 Å². The van der Waals surface area contributed by atoms with Gasteiger partial charge in [-0.05, 0) is 61.2 Å². The van der Waals surface area contributed by atoms with Crippen molar-refractivity contribution in [3.05, 3.63) is 0 Å². The number of nitrogens with zero attached hydrogens (tertiary/aromatic N) is 1. The second-order valence-corrected chi connectivity index (χ2v) is 8.94. The minimum Gasteiger partial charge on any atom is -0.333 e. The Morgan fingerprint density at radius 2 is 1.55 bits per heavy atom. The fourth-order valence-electron chi connectivity index (χ4n) is 5.71. The lowest BCUT2D eigenvalue weighted by Gasteiger charge is -2.56. The molecule has 1 saturated heterocycles. The van der Waals surface area contributed by atoms with Gasteiger partial charge in [-0.2, -0.15) is 0 Å². The fraction of sp³-hybridized carbons (Fsp3) is 0.941. The van der Waals surface area contributed by atoms with Gasteiger partial charge in [-0.3, -0.25) is 0 Å². The lowest BCUT2D eigenvalue weighted by Crippen LogP contribution is -2.56. The van der Waals surface area contributed by atoms with Crippen LogP contribution in [0.15, 0.2) is 0 Å². The van der Waals surface area contributed by atoms with E-state index >= 15 is 0 Å². The van der Waals surface area contributed by atoms with Gasteiger partial charge < -0.3 is 10.2 Å². The molecule has 4 saturated carbocycles. The van der Waals surface area contributed by atoms with Gasteiger partial charge in [0.15, 0.2) is 0 Å². The molecule has 4 aliphatic carbocycles. The highest BCUT2D eigenvalue weighted by molar-refractivity contribution is 5.77. The van der Waals surface area contributed by atoms with Crippen molar-refractivity contribution in [1.29, 1.82) is 0 Å². The fourth-order valence-corrected chi connectivity index (χ4v) is 5.71. The van der Waals surface area contributed by atoms with Gasteiger partial charge >= 0.3 is 6.03 Å². The van der Waals surface area contributed by atoms with Gasteiger partial charge in [-0.15, -0.1) is 0 Å². The Bertz CT molecular complexity index is 397. The monoisotopic (exact) mass is 276 g/mol. The lowest BCUT2D eigenvalue weighted by molar-refractivity contribution is -0.0479. The first kappa shape index (κ1) is 13.0. The van der Waals surface area contributed by atoms with E-state index < -0.39 is 0 Å². The molecule has 0 aromatic rings. The van der Waals surface area contributed by atoms with E-state index in [1.54, 1.807) is 0 Å². The molecule has 20 heavy (non-hydrogen) atoms. The molecule has 1 N–H and O–H groups in total. The quantitative estimate of drug-likeness (QED) is 0.783. The van der Waals surface area contributed by atoms with Crippen LogP contribution in [-0.2, 0) is 0 Å². The van der Waals surface area contributed by atoms with Crippen molar-refractivity contribution in [2.24, 2.45) is 29.1 Å². The van der Waals surface area contributed by atoms with Crippen LogP contribution in [0, 0.1) is 29.1 Å². The Morgan fingerprint density at radius 3 is 2.00 bits per heavy atom. The smallest absolute Gasteiger partial charge is 0.318 e. The molecule has 5 aliphatic rings. The van der Waals surface area contributed by atoms with E-state index in [9.17, 15) is 4.79 Å². The van der Waals surface area contributed by atoms with E-state index in [1.807, 2.05) is 0 Å². The zero-order chi connectivity index (χ0) is 14.1. The Kier molecular flexibility index (Phi) is 2.69. The third-order valence-corrected chi connectivity index (χ3v) is 6.52. The molecule has 0 spiro atoms. The molecule has 1 unspecified atom stereocenters. The number of rotatable bonds is 1. The van der Waals surface area contributed by atoms with E-state index in [4.69, 9.17) is 0 Å². The molecular formula is C17H28N2O. The summed E-state index contributed by atoms with van der Waals surface area (Å²) in [6.45, 7) is 7.63. The summed E-state index contributed by atoms with van der Waals surface area (Å²) >= 11 is 0. The molecule has 0 aromatic carbocycles. The van der Waals surface area contributed by atoms with Crippen LogP contribution in [-0.4, -0.2) is 29.6 Å². The number of carbonyl (C=O) groups excluding carboxylic acids is 1. The molecule has 112 valence electrons. The van der Waals surface area contributed by atoms with Crippen molar-refractivity contribution in [3.8, 4) is 0 Å². The normalized spacial score (nSPS) is 47.0. The number of hydrogen-bond donors (Lipinski definition) is 1. The average Bonchev–Trinajstić information content (AvgIpc) is 2.70. The van der Waals surface area contributed by atoms with Gasteiger partial charge in [0, 0.05) is 12.6 Å². The first-order valence-corrected chi connectivity index (χ1v) is 8.49. The van der Waals surface area contributed by atoms with Gasteiger partial charge in [0.25, 0.3) is 0 Å². The van der Waals surface area contributed by atoms with Crippen LogP contribution in [0.5, 0.6) is 0 Å². The van der Waals surface area contributed by atoms with Crippen molar-refractivity contribution < 1.29 is 4.79 Å². The van der Waals surface area contributed by atoms with Crippen molar-refractivity contribution in [3.63, 3.8) is 0 Å². The Labute approximate surface area is 122 Å². The molecule has 3 nitrogen and oxygen atoms in total. The minimum atomic E-state index is 0.163. The predicted molar refractivity (Wildman–Crippen MR) is 79.3 cm³/mol. The van der Waals surface area contributed by atoms with Gasteiger partial charge in [0.2, 0.25) is 0 Å². The number of urea groups is 1. The van der Waals surface area contributed by atoms with Crippen LogP contribution in [0.4, 0.5) is 4.79 Å². The third kappa shape index (κ3) is 1.88. The van der Waals surface area contributed by atoms with Crippen LogP contribution in [0.3, 0.4) is 0 Å². The maximum Gasteiger partial charge on any atom is 0.318 e. The summed E-state index contributed by atoms with van der Waals surface area (Å²) < 4.78 is 0. The highest BCUT2D eigenvalue weighted by Crippen LogP contribution is 2.55. The standard InChI is InChI=1S/C17H28N2O/c1-17(2,3)14-9-19(16(20)18-14)15-12-5-10-4-11(7-12)8-13(15)6-10/h10-15H,4-9H2,1-3H3,(H,18,20). The molecule has 5 fully saturated rings. The summed E-state index contributed by atoms with van der Waals surface area (Å²) in [7, 11) is 0. The SMILES string of the molecule is CC(C)(C)C1CN(C2C3CC4CC(C3)CC2C4)C(=O)N1. The summed E-state index contributed by atoms with van der Waals surface area (Å²) in [6.07, 6.45) is 7.04. The van der Waals surface area contributed by atoms with Gasteiger partial charge in [0.1, 0.15) is 0 Å². The average molecular weight is 276 g/mol. The largest absolute Gasteiger partial charge is 0.333 e. The molecule has 0 radical (unpaired) electrons. The molecule has 4 bridgehead atoms. The van der Waals surface area contributed by atoms with Crippen molar-refractivity contribution >= 4 is 6.03 Å². The number of hydrogen-bond acceptors (Lipinski definition) is 1. The van der Waals surface area contributed by atoms with Gasteiger partial charge in [0.05, 0.1) is 6.04 Å². The van der Waals surface area contributed by atoms with Crippen molar-refractivity contribution in [2.75, 3.05) is 6.54 Å². The van der Waals surface area contributed by atoms with E-state index in [0.717, 1.165) is 30.2 Å². The maximum absolute atomic E-state index is 12.5. The van der Waals surface area contributed by atoms with Gasteiger partial charge in [-0.1, -0.05) is 20.8 Å². The zero-order valence-corrected chi connectivity index (χ0v) is 13.1. The maximum atomic E-state index is 12.5. The summed E-state index contributed by atoms with van der Waals surface area (Å²) in [5.74, 6) is 3.57. The van der Waals surface area contributed by atoms with Crippen molar-refractivity contribution in [2.45, 2.75) is 65.0 Å². The molecule has 3 heteroatoms. The van der Waals surface area contributed by atoms with E-state index in [0.29, 0.717) is 12.1 Å². The number of nitrogens with one attached hydrogen (secondary N) is 1. The van der Waals surface area contributed by atoms with Crippen LogP contribution < -0.4 is 5.32 Å². The van der Waals surface area contributed by atoms with Crippen molar-refractivity contribution in [1.82, 2.24) is 10.2 Å². The topological polar surface area (TPSA) is 32.3 Å². The van der Waals surface area contributed by atoms with Gasteiger partial charge in [-0.25, -0.2) is 4.79 Å². The summed E-state index contributed by atoms with van der Waals surface area (Å²) in [4.78, 5) is 14.7. The Morgan fingerprint density at radius 1 is 1.00 bits per heavy atom. The molecule has 0 aromatic heterocycles. The molecule has 2 amide bonds. The minimum absolute atomic E-state index is 0.163.